The summed E-state index contributed by atoms with van der Waals surface area (Å²) in [6.07, 6.45) is 4.07. The third kappa shape index (κ3) is 2.01. The summed E-state index contributed by atoms with van der Waals surface area (Å²) in [5.74, 6) is 1.13. The van der Waals surface area contributed by atoms with E-state index in [1.807, 2.05) is 19.1 Å². The molecule has 0 atom stereocenters. The van der Waals surface area contributed by atoms with Crippen LogP contribution >= 0.6 is 0 Å². The summed E-state index contributed by atoms with van der Waals surface area (Å²) in [6.45, 7) is 2.04. The minimum absolute atomic E-state index is 0.335. The molecule has 0 bridgehead atoms. The molecule has 0 aromatic heterocycles. The van der Waals surface area contributed by atoms with Crippen molar-refractivity contribution >= 4 is 0 Å². The number of aryl methyl sites for hydroxylation is 1. The van der Waals surface area contributed by atoms with Gasteiger partial charge < -0.3 is 5.11 Å². The molecule has 1 heteroatoms. The molecule has 1 fully saturated rings. The van der Waals surface area contributed by atoms with Crippen molar-refractivity contribution in [3.05, 3.63) is 53.6 Å². The van der Waals surface area contributed by atoms with Crippen LogP contribution in [0.4, 0.5) is 0 Å². The summed E-state index contributed by atoms with van der Waals surface area (Å²) in [4.78, 5) is 0. The zero-order valence-corrected chi connectivity index (χ0v) is 10.7. The van der Waals surface area contributed by atoms with Gasteiger partial charge in [-0.15, -0.1) is 0 Å². The zero-order chi connectivity index (χ0) is 12.5. The fourth-order valence-corrected chi connectivity index (χ4v) is 2.65. The van der Waals surface area contributed by atoms with Crippen LogP contribution in [-0.2, 0) is 0 Å². The Labute approximate surface area is 108 Å². The number of phenols is 1. The van der Waals surface area contributed by atoms with Crippen molar-refractivity contribution in [2.45, 2.75) is 32.1 Å². The van der Waals surface area contributed by atoms with Gasteiger partial charge in [0, 0.05) is 0 Å². The average molecular weight is 238 g/mol. The van der Waals surface area contributed by atoms with Gasteiger partial charge in [0.05, 0.1) is 0 Å². The molecule has 0 unspecified atom stereocenters. The molecular formula is C17H18O. The van der Waals surface area contributed by atoms with Gasteiger partial charge >= 0.3 is 0 Å². The lowest BCUT2D eigenvalue weighted by Gasteiger charge is -2.25. The molecule has 2 aromatic carbocycles. The van der Waals surface area contributed by atoms with Crippen molar-refractivity contribution < 1.29 is 5.11 Å². The van der Waals surface area contributed by atoms with E-state index >= 15 is 0 Å². The zero-order valence-electron chi connectivity index (χ0n) is 10.7. The van der Waals surface area contributed by atoms with Crippen molar-refractivity contribution in [1.29, 1.82) is 0 Å². The third-order valence-electron chi connectivity index (χ3n) is 4.01. The topological polar surface area (TPSA) is 20.2 Å². The molecule has 0 saturated heterocycles. The van der Waals surface area contributed by atoms with Crippen LogP contribution in [0.25, 0.3) is 11.1 Å². The Hall–Kier alpha value is -1.76. The SMILES string of the molecule is Cc1cc(O)ccc1-c1ccc(C2CCC2)cc1. The Kier molecular flexibility index (Phi) is 2.83. The maximum atomic E-state index is 9.44. The lowest BCUT2D eigenvalue weighted by atomic mass is 9.80. The minimum atomic E-state index is 0.335. The molecule has 0 amide bonds. The highest BCUT2D eigenvalue weighted by atomic mass is 16.3. The lowest BCUT2D eigenvalue weighted by molar-refractivity contribution is 0.420. The molecule has 92 valence electrons. The molecule has 18 heavy (non-hydrogen) atoms. The van der Waals surface area contributed by atoms with Gasteiger partial charge in [0.25, 0.3) is 0 Å². The normalized spacial score (nSPS) is 15.4. The van der Waals surface area contributed by atoms with Gasteiger partial charge in [-0.1, -0.05) is 36.8 Å². The molecule has 1 aliphatic carbocycles. The predicted molar refractivity (Wildman–Crippen MR) is 74.9 cm³/mol. The summed E-state index contributed by atoms with van der Waals surface area (Å²) in [5, 5.41) is 9.44. The lowest BCUT2D eigenvalue weighted by Crippen LogP contribution is -2.08. The third-order valence-corrected chi connectivity index (χ3v) is 4.01. The highest BCUT2D eigenvalue weighted by molar-refractivity contribution is 5.68. The first kappa shape index (κ1) is 11.3. The van der Waals surface area contributed by atoms with Crippen LogP contribution in [0.5, 0.6) is 5.75 Å². The second kappa shape index (κ2) is 4.49. The summed E-state index contributed by atoms with van der Waals surface area (Å²) < 4.78 is 0. The summed E-state index contributed by atoms with van der Waals surface area (Å²) in [6, 6.07) is 14.5. The molecule has 1 nitrogen and oxygen atoms in total. The molecule has 1 aliphatic rings. The van der Waals surface area contributed by atoms with Crippen LogP contribution in [0.2, 0.25) is 0 Å². The van der Waals surface area contributed by atoms with Crippen LogP contribution in [0.3, 0.4) is 0 Å². The summed E-state index contributed by atoms with van der Waals surface area (Å²) in [7, 11) is 0. The average Bonchev–Trinajstić information content (AvgIpc) is 2.28. The van der Waals surface area contributed by atoms with E-state index in [0.717, 1.165) is 11.5 Å². The second-order valence-electron chi connectivity index (χ2n) is 5.25. The van der Waals surface area contributed by atoms with Gasteiger partial charge in [-0.3, -0.25) is 0 Å². The van der Waals surface area contributed by atoms with Crippen LogP contribution < -0.4 is 0 Å². The van der Waals surface area contributed by atoms with Crippen LogP contribution in [0.15, 0.2) is 42.5 Å². The standard InChI is InChI=1S/C17H18O/c1-12-11-16(18)9-10-17(12)15-7-5-14(6-8-15)13-3-2-4-13/h5-11,13,18H,2-4H2,1H3. The first-order valence-corrected chi connectivity index (χ1v) is 6.64. The smallest absolute Gasteiger partial charge is 0.115 e. The summed E-state index contributed by atoms with van der Waals surface area (Å²) in [5.41, 5.74) is 5.02. The maximum Gasteiger partial charge on any atom is 0.115 e. The second-order valence-corrected chi connectivity index (χ2v) is 5.25. The summed E-state index contributed by atoms with van der Waals surface area (Å²) >= 11 is 0. The van der Waals surface area contributed by atoms with Gasteiger partial charge in [-0.05, 0) is 60.1 Å². The molecule has 0 aliphatic heterocycles. The predicted octanol–water partition coefficient (Wildman–Crippen LogP) is 4.64. The molecule has 0 radical (unpaired) electrons. The first-order valence-electron chi connectivity index (χ1n) is 6.64. The van der Waals surface area contributed by atoms with Crippen LogP contribution in [-0.4, -0.2) is 5.11 Å². The van der Waals surface area contributed by atoms with E-state index < -0.39 is 0 Å². The molecule has 0 heterocycles. The number of aromatic hydroxyl groups is 1. The van der Waals surface area contributed by atoms with Crippen molar-refractivity contribution in [2.24, 2.45) is 0 Å². The van der Waals surface area contributed by atoms with Gasteiger partial charge in [-0.25, -0.2) is 0 Å². The van der Waals surface area contributed by atoms with E-state index in [-0.39, 0.29) is 0 Å². The van der Waals surface area contributed by atoms with Crippen molar-refractivity contribution in [2.75, 3.05) is 0 Å². The molecule has 1 N–H and O–H groups in total. The van der Waals surface area contributed by atoms with Gasteiger partial charge in [0.1, 0.15) is 5.75 Å². The molecule has 2 aromatic rings. The fraction of sp³-hybridized carbons (Fsp3) is 0.294. The molecular weight excluding hydrogens is 220 g/mol. The Balaban J connectivity index is 1.91. The van der Waals surface area contributed by atoms with Crippen molar-refractivity contribution in [3.63, 3.8) is 0 Å². The quantitative estimate of drug-likeness (QED) is 0.808. The van der Waals surface area contributed by atoms with Gasteiger partial charge in [0.2, 0.25) is 0 Å². The van der Waals surface area contributed by atoms with E-state index in [9.17, 15) is 5.11 Å². The Bertz CT molecular complexity index is 550. The number of benzene rings is 2. The Morgan fingerprint density at radius 1 is 1.00 bits per heavy atom. The fourth-order valence-electron chi connectivity index (χ4n) is 2.65. The first-order chi connectivity index (χ1) is 8.74. The van der Waals surface area contributed by atoms with E-state index in [2.05, 4.69) is 24.3 Å². The molecule has 0 spiro atoms. The highest BCUT2D eigenvalue weighted by Gasteiger charge is 2.19. The Morgan fingerprint density at radius 3 is 2.28 bits per heavy atom. The molecule has 3 rings (SSSR count). The van der Waals surface area contributed by atoms with E-state index in [1.165, 1.54) is 36.0 Å². The van der Waals surface area contributed by atoms with Crippen molar-refractivity contribution in [3.8, 4) is 16.9 Å². The van der Waals surface area contributed by atoms with Crippen LogP contribution in [0.1, 0.15) is 36.3 Å². The number of rotatable bonds is 2. The van der Waals surface area contributed by atoms with E-state index in [0.29, 0.717) is 5.75 Å². The van der Waals surface area contributed by atoms with E-state index in [1.54, 1.807) is 6.07 Å². The van der Waals surface area contributed by atoms with E-state index in [4.69, 9.17) is 0 Å². The number of phenolic OH excluding ortho intramolecular Hbond substituents is 1. The molecule has 1 saturated carbocycles. The number of hydrogen-bond donors (Lipinski definition) is 1. The maximum absolute atomic E-state index is 9.44. The largest absolute Gasteiger partial charge is 0.508 e. The van der Waals surface area contributed by atoms with Gasteiger partial charge in [0.15, 0.2) is 0 Å². The van der Waals surface area contributed by atoms with Crippen LogP contribution in [0, 0.1) is 6.92 Å². The minimum Gasteiger partial charge on any atom is -0.508 e. The Morgan fingerprint density at radius 2 is 1.72 bits per heavy atom. The monoisotopic (exact) mass is 238 g/mol. The van der Waals surface area contributed by atoms with Crippen molar-refractivity contribution in [1.82, 2.24) is 0 Å². The van der Waals surface area contributed by atoms with Gasteiger partial charge in [-0.2, -0.15) is 0 Å². The number of hydrogen-bond acceptors (Lipinski definition) is 1. The highest BCUT2D eigenvalue weighted by Crippen LogP contribution is 2.37.